The Hall–Kier alpha value is -1.25. The van der Waals surface area contributed by atoms with Gasteiger partial charge in [0.1, 0.15) is 6.54 Å². The number of hydrogen-bond donors (Lipinski definition) is 2. The summed E-state index contributed by atoms with van der Waals surface area (Å²) in [6.45, 7) is -1.43. The average molecular weight is 358 g/mol. The summed E-state index contributed by atoms with van der Waals surface area (Å²) < 4.78 is 37.6. The van der Waals surface area contributed by atoms with E-state index in [0.717, 1.165) is 12.3 Å². The summed E-state index contributed by atoms with van der Waals surface area (Å²) in [5, 5.41) is 4.77. The molecule has 1 aliphatic heterocycles. The first-order valence-electron chi connectivity index (χ1n) is 6.28. The highest BCUT2D eigenvalue weighted by Gasteiger charge is 2.35. The molecule has 0 radical (unpaired) electrons. The highest BCUT2D eigenvalue weighted by atomic mass is 35.5. The third-order valence-corrected chi connectivity index (χ3v) is 4.05. The Morgan fingerprint density at radius 1 is 1.41 bits per heavy atom. The second-order valence-electron chi connectivity index (χ2n) is 4.86. The van der Waals surface area contributed by atoms with Crippen LogP contribution in [0.2, 0.25) is 0 Å². The van der Waals surface area contributed by atoms with Crippen LogP contribution in [0, 0.1) is 0 Å². The maximum atomic E-state index is 12.4. The van der Waals surface area contributed by atoms with Gasteiger partial charge in [0.2, 0.25) is 5.91 Å². The summed E-state index contributed by atoms with van der Waals surface area (Å²) in [7, 11) is 0. The Kier molecular flexibility index (Phi) is 5.03. The number of amides is 1. The summed E-state index contributed by atoms with van der Waals surface area (Å²) in [5.41, 5.74) is -1.28. The molecule has 2 rings (SSSR count). The number of nitrogens with one attached hydrogen (secondary N) is 2. The number of halogens is 5. The second-order valence-corrected chi connectivity index (χ2v) is 5.89. The van der Waals surface area contributed by atoms with Crippen molar-refractivity contribution in [2.24, 2.45) is 0 Å². The van der Waals surface area contributed by atoms with Gasteiger partial charge in [0.05, 0.1) is 22.6 Å². The summed E-state index contributed by atoms with van der Waals surface area (Å²) in [6.07, 6.45) is -3.29. The molecule has 1 fully saturated rings. The van der Waals surface area contributed by atoms with Crippen LogP contribution in [-0.4, -0.2) is 33.6 Å². The van der Waals surface area contributed by atoms with Crippen molar-refractivity contribution in [1.82, 2.24) is 9.88 Å². The maximum absolute atomic E-state index is 12.4. The average Bonchev–Trinajstić information content (AvgIpc) is 2.72. The van der Waals surface area contributed by atoms with E-state index in [-0.39, 0.29) is 5.69 Å². The van der Waals surface area contributed by atoms with Gasteiger partial charge in [0.15, 0.2) is 0 Å². The van der Waals surface area contributed by atoms with E-state index in [2.05, 4.69) is 10.6 Å². The second kappa shape index (κ2) is 6.47. The molecule has 3 atom stereocenters. The molecule has 10 heteroatoms. The van der Waals surface area contributed by atoms with Gasteiger partial charge in [-0.1, -0.05) is 0 Å². The molecular weight excluding hydrogens is 346 g/mol. The zero-order valence-electron chi connectivity index (χ0n) is 11.0. The molecule has 5 nitrogen and oxygen atoms in total. The summed E-state index contributed by atoms with van der Waals surface area (Å²) >= 11 is 11.7. The summed E-state index contributed by atoms with van der Waals surface area (Å²) in [5.74, 6) is -0.481. The van der Waals surface area contributed by atoms with Crippen molar-refractivity contribution in [3.05, 3.63) is 28.7 Å². The topological polar surface area (TPSA) is 63.1 Å². The van der Waals surface area contributed by atoms with Crippen molar-refractivity contribution in [2.45, 2.75) is 36.1 Å². The number of anilines is 1. The third kappa shape index (κ3) is 4.37. The molecule has 2 N–H and O–H groups in total. The monoisotopic (exact) mass is 357 g/mol. The molecule has 2 heterocycles. The molecule has 1 aliphatic rings. The quantitative estimate of drug-likeness (QED) is 0.641. The zero-order valence-corrected chi connectivity index (χ0v) is 12.5. The van der Waals surface area contributed by atoms with E-state index in [9.17, 15) is 22.8 Å². The predicted octanol–water partition coefficient (Wildman–Crippen LogP) is 1.88. The Morgan fingerprint density at radius 3 is 2.64 bits per heavy atom. The molecule has 1 aromatic heterocycles. The molecule has 3 unspecified atom stereocenters. The lowest BCUT2D eigenvalue weighted by molar-refractivity contribution is -0.141. The van der Waals surface area contributed by atoms with Crippen molar-refractivity contribution in [2.75, 3.05) is 5.32 Å². The third-order valence-electron chi connectivity index (χ3n) is 3.06. The maximum Gasteiger partial charge on any atom is 0.406 e. The molecule has 22 heavy (non-hydrogen) atoms. The van der Waals surface area contributed by atoms with Crippen molar-refractivity contribution in [3.8, 4) is 0 Å². The lowest BCUT2D eigenvalue weighted by atomic mass is 10.2. The molecule has 1 saturated heterocycles. The van der Waals surface area contributed by atoms with Crippen LogP contribution in [0.5, 0.6) is 0 Å². The van der Waals surface area contributed by atoms with Crippen LogP contribution in [0.3, 0.4) is 0 Å². The van der Waals surface area contributed by atoms with E-state index >= 15 is 0 Å². The molecule has 122 valence electrons. The number of carbonyl (C=O) groups excluding carboxylic acids is 1. The van der Waals surface area contributed by atoms with Crippen LogP contribution in [0.1, 0.15) is 6.42 Å². The van der Waals surface area contributed by atoms with E-state index in [4.69, 9.17) is 23.2 Å². The number of carbonyl (C=O) groups is 1. The fourth-order valence-electron chi connectivity index (χ4n) is 2.04. The van der Waals surface area contributed by atoms with Crippen molar-refractivity contribution < 1.29 is 18.0 Å². The Bertz CT molecular complexity index is 610. The molecule has 0 aromatic carbocycles. The van der Waals surface area contributed by atoms with Gasteiger partial charge >= 0.3 is 6.18 Å². The number of aromatic nitrogens is 1. The molecule has 1 amide bonds. The minimum atomic E-state index is -4.53. The molecule has 0 saturated carbocycles. The lowest BCUT2D eigenvalue weighted by Gasteiger charge is -2.14. The Balaban J connectivity index is 2.09. The van der Waals surface area contributed by atoms with E-state index in [1.165, 1.54) is 6.07 Å². The molecule has 1 aromatic rings. The first-order chi connectivity index (χ1) is 10.2. The smallest absolute Gasteiger partial charge is 0.323 e. The zero-order chi connectivity index (χ0) is 16.5. The van der Waals surface area contributed by atoms with Crippen LogP contribution in [-0.2, 0) is 11.3 Å². The lowest BCUT2D eigenvalue weighted by Crippen LogP contribution is -2.38. The minimum absolute atomic E-state index is 0.0831. The predicted molar refractivity (Wildman–Crippen MR) is 76.2 cm³/mol. The number of rotatable bonds is 3. The first-order valence-corrected chi connectivity index (χ1v) is 7.15. The standard InChI is InChI=1S/C12H12Cl2F3N3O2/c13-7-3-8(19-10(7)14)11(22)18-6-1-2-9(21)20(4-6)5-12(15,16)17/h1-2,4,7-8,10,19H,3,5H2,(H,18,22). The highest BCUT2D eigenvalue weighted by molar-refractivity contribution is 6.30. The first kappa shape index (κ1) is 17.1. The Labute approximate surface area is 133 Å². The SMILES string of the molecule is O=C(Nc1ccc(=O)n(CC(F)(F)F)c1)C1CC(Cl)C(Cl)N1. The van der Waals surface area contributed by atoms with Crippen LogP contribution < -0.4 is 16.2 Å². The Morgan fingerprint density at radius 2 is 2.09 bits per heavy atom. The van der Waals surface area contributed by atoms with Gasteiger partial charge < -0.3 is 9.88 Å². The van der Waals surface area contributed by atoms with Crippen molar-refractivity contribution >= 4 is 34.8 Å². The fraction of sp³-hybridized carbons (Fsp3) is 0.500. The van der Waals surface area contributed by atoms with E-state index in [0.29, 0.717) is 11.0 Å². The highest BCUT2D eigenvalue weighted by Crippen LogP contribution is 2.23. The number of pyridine rings is 1. The van der Waals surface area contributed by atoms with Crippen LogP contribution in [0.4, 0.5) is 18.9 Å². The van der Waals surface area contributed by atoms with Crippen molar-refractivity contribution in [3.63, 3.8) is 0 Å². The summed E-state index contributed by atoms with van der Waals surface area (Å²) in [6, 6.07) is 1.55. The molecular formula is C12H12Cl2F3N3O2. The molecule has 0 spiro atoms. The van der Waals surface area contributed by atoms with Gasteiger partial charge in [-0.05, 0) is 12.5 Å². The van der Waals surface area contributed by atoms with Gasteiger partial charge in [-0.15, -0.1) is 23.2 Å². The minimum Gasteiger partial charge on any atom is -0.323 e. The van der Waals surface area contributed by atoms with Crippen LogP contribution >= 0.6 is 23.2 Å². The van der Waals surface area contributed by atoms with Gasteiger partial charge in [-0.3, -0.25) is 14.9 Å². The number of alkyl halides is 5. The van der Waals surface area contributed by atoms with Gasteiger partial charge in [0.25, 0.3) is 5.56 Å². The van der Waals surface area contributed by atoms with Gasteiger partial charge in [-0.2, -0.15) is 13.2 Å². The van der Waals surface area contributed by atoms with Crippen LogP contribution in [0.15, 0.2) is 23.1 Å². The van der Waals surface area contributed by atoms with Crippen molar-refractivity contribution in [1.29, 1.82) is 0 Å². The normalized spacial score (nSPS) is 25.2. The van der Waals surface area contributed by atoms with Gasteiger partial charge in [-0.25, -0.2) is 0 Å². The number of nitrogens with zero attached hydrogens (tertiary/aromatic N) is 1. The van der Waals surface area contributed by atoms with E-state index in [1.807, 2.05) is 0 Å². The molecule has 0 bridgehead atoms. The van der Waals surface area contributed by atoms with E-state index < -0.39 is 41.1 Å². The fourth-order valence-corrected chi connectivity index (χ4v) is 2.55. The summed E-state index contributed by atoms with van der Waals surface area (Å²) in [4.78, 5) is 23.4. The van der Waals surface area contributed by atoms with Gasteiger partial charge in [0, 0.05) is 12.3 Å². The number of hydrogen-bond acceptors (Lipinski definition) is 3. The molecule has 0 aliphatic carbocycles. The van der Waals surface area contributed by atoms with Crippen LogP contribution in [0.25, 0.3) is 0 Å². The van der Waals surface area contributed by atoms with E-state index in [1.54, 1.807) is 0 Å². The largest absolute Gasteiger partial charge is 0.406 e.